The second kappa shape index (κ2) is 6.08. The molecular formula is C14H11BrClNO2. The van der Waals surface area contributed by atoms with Crippen molar-refractivity contribution in [3.63, 3.8) is 0 Å². The molecule has 0 unspecified atom stereocenters. The summed E-state index contributed by atoms with van der Waals surface area (Å²) in [4.78, 5) is 12.1. The summed E-state index contributed by atoms with van der Waals surface area (Å²) < 4.78 is 5.86. The van der Waals surface area contributed by atoms with Crippen LogP contribution in [0.5, 0.6) is 5.75 Å². The summed E-state index contributed by atoms with van der Waals surface area (Å²) in [6.45, 7) is 0. The van der Waals surface area contributed by atoms with Crippen molar-refractivity contribution in [2.75, 3.05) is 12.4 Å². The van der Waals surface area contributed by atoms with E-state index in [1.165, 1.54) is 0 Å². The molecule has 2 aromatic carbocycles. The Hall–Kier alpha value is -1.52. The van der Waals surface area contributed by atoms with E-state index in [1.807, 2.05) is 0 Å². The highest BCUT2D eigenvalue weighted by Crippen LogP contribution is 2.26. The standard InChI is InChI=1S/C14H11BrClNO2/c1-19-11-4-2-3-9(7-11)14(18)17-13-8-10(16)5-6-12(13)15/h2-8H,1H3,(H,17,18). The maximum Gasteiger partial charge on any atom is 0.255 e. The zero-order valence-corrected chi connectivity index (χ0v) is 12.5. The molecule has 0 bridgehead atoms. The van der Waals surface area contributed by atoms with Crippen LogP contribution in [0, 0.1) is 0 Å². The third-order valence-corrected chi connectivity index (χ3v) is 3.44. The first-order valence-corrected chi connectivity index (χ1v) is 6.67. The maximum absolute atomic E-state index is 12.1. The summed E-state index contributed by atoms with van der Waals surface area (Å²) in [5, 5.41) is 3.35. The van der Waals surface area contributed by atoms with Crippen molar-refractivity contribution >= 4 is 39.1 Å². The number of hydrogen-bond donors (Lipinski definition) is 1. The van der Waals surface area contributed by atoms with Gasteiger partial charge in [-0.1, -0.05) is 17.7 Å². The highest BCUT2D eigenvalue weighted by atomic mass is 79.9. The molecule has 98 valence electrons. The van der Waals surface area contributed by atoms with Gasteiger partial charge in [0.1, 0.15) is 5.75 Å². The van der Waals surface area contributed by atoms with Gasteiger partial charge in [0.15, 0.2) is 0 Å². The molecule has 3 nitrogen and oxygen atoms in total. The van der Waals surface area contributed by atoms with Crippen LogP contribution in [0.4, 0.5) is 5.69 Å². The van der Waals surface area contributed by atoms with Crippen LogP contribution in [0.15, 0.2) is 46.9 Å². The van der Waals surface area contributed by atoms with Crippen LogP contribution in [0.3, 0.4) is 0 Å². The van der Waals surface area contributed by atoms with Crippen LogP contribution in [-0.4, -0.2) is 13.0 Å². The molecular weight excluding hydrogens is 330 g/mol. The molecule has 2 rings (SSSR count). The van der Waals surface area contributed by atoms with Crippen molar-refractivity contribution in [3.05, 3.63) is 57.5 Å². The number of hydrogen-bond acceptors (Lipinski definition) is 2. The third-order valence-electron chi connectivity index (χ3n) is 2.51. The number of carbonyl (C=O) groups is 1. The number of methoxy groups -OCH3 is 1. The van der Waals surface area contributed by atoms with E-state index in [9.17, 15) is 4.79 Å². The number of ether oxygens (including phenoxy) is 1. The first-order valence-electron chi connectivity index (χ1n) is 5.50. The summed E-state index contributed by atoms with van der Waals surface area (Å²) >= 11 is 9.26. The maximum atomic E-state index is 12.1. The molecule has 0 aliphatic rings. The molecule has 5 heteroatoms. The van der Waals surface area contributed by atoms with Crippen molar-refractivity contribution in [1.82, 2.24) is 0 Å². The summed E-state index contributed by atoms with van der Waals surface area (Å²) in [6, 6.07) is 12.1. The normalized spacial score (nSPS) is 10.1. The summed E-state index contributed by atoms with van der Waals surface area (Å²) in [5.74, 6) is 0.416. The van der Waals surface area contributed by atoms with Crippen LogP contribution >= 0.6 is 27.5 Å². The topological polar surface area (TPSA) is 38.3 Å². The Morgan fingerprint density at radius 2 is 2.05 bits per heavy atom. The fraction of sp³-hybridized carbons (Fsp3) is 0.0714. The Morgan fingerprint density at radius 1 is 1.26 bits per heavy atom. The van der Waals surface area contributed by atoms with Gasteiger partial charge >= 0.3 is 0 Å². The van der Waals surface area contributed by atoms with E-state index in [4.69, 9.17) is 16.3 Å². The first-order chi connectivity index (χ1) is 9.10. The molecule has 0 aromatic heterocycles. The number of anilines is 1. The van der Waals surface area contributed by atoms with Gasteiger partial charge < -0.3 is 10.1 Å². The van der Waals surface area contributed by atoms with Crippen molar-refractivity contribution in [2.24, 2.45) is 0 Å². The van der Waals surface area contributed by atoms with Gasteiger partial charge in [-0.05, 0) is 52.3 Å². The van der Waals surface area contributed by atoms with Crippen molar-refractivity contribution in [3.8, 4) is 5.75 Å². The van der Waals surface area contributed by atoms with E-state index in [0.29, 0.717) is 22.0 Å². The largest absolute Gasteiger partial charge is 0.497 e. The van der Waals surface area contributed by atoms with Crippen LogP contribution < -0.4 is 10.1 Å². The second-order valence-corrected chi connectivity index (χ2v) is 5.10. The second-order valence-electron chi connectivity index (χ2n) is 3.81. The monoisotopic (exact) mass is 339 g/mol. The van der Waals surface area contributed by atoms with Gasteiger partial charge in [-0.2, -0.15) is 0 Å². The predicted octanol–water partition coefficient (Wildman–Crippen LogP) is 4.36. The Morgan fingerprint density at radius 3 is 2.79 bits per heavy atom. The number of benzene rings is 2. The fourth-order valence-electron chi connectivity index (χ4n) is 1.55. The average molecular weight is 341 g/mol. The Bertz CT molecular complexity index is 616. The highest BCUT2D eigenvalue weighted by Gasteiger charge is 2.09. The fourth-order valence-corrected chi connectivity index (χ4v) is 2.07. The number of halogens is 2. The van der Waals surface area contributed by atoms with Crippen LogP contribution in [0.2, 0.25) is 5.02 Å². The molecule has 0 heterocycles. The molecule has 0 radical (unpaired) electrons. The quantitative estimate of drug-likeness (QED) is 0.901. The Kier molecular flexibility index (Phi) is 4.45. The van der Waals surface area contributed by atoms with E-state index < -0.39 is 0 Å². The smallest absolute Gasteiger partial charge is 0.255 e. The van der Waals surface area contributed by atoms with Crippen LogP contribution in [0.1, 0.15) is 10.4 Å². The lowest BCUT2D eigenvalue weighted by atomic mass is 10.2. The minimum absolute atomic E-state index is 0.220. The number of amides is 1. The van der Waals surface area contributed by atoms with E-state index in [1.54, 1.807) is 49.6 Å². The molecule has 1 N–H and O–H groups in total. The highest BCUT2D eigenvalue weighted by molar-refractivity contribution is 9.10. The minimum atomic E-state index is -0.220. The predicted molar refractivity (Wildman–Crippen MR) is 80.1 cm³/mol. The molecule has 2 aromatic rings. The third kappa shape index (κ3) is 3.49. The van der Waals surface area contributed by atoms with Crippen molar-refractivity contribution in [2.45, 2.75) is 0 Å². The first kappa shape index (κ1) is 13.9. The molecule has 0 saturated carbocycles. The van der Waals surface area contributed by atoms with Gasteiger partial charge in [0.05, 0.1) is 12.8 Å². The number of nitrogens with one attached hydrogen (secondary N) is 1. The lowest BCUT2D eigenvalue weighted by Crippen LogP contribution is -2.12. The van der Waals surface area contributed by atoms with Gasteiger partial charge in [0.25, 0.3) is 5.91 Å². The number of rotatable bonds is 3. The molecule has 0 aliphatic carbocycles. The van der Waals surface area contributed by atoms with Gasteiger partial charge in [-0.15, -0.1) is 0 Å². The Balaban J connectivity index is 2.22. The van der Waals surface area contributed by atoms with Crippen LogP contribution in [-0.2, 0) is 0 Å². The van der Waals surface area contributed by atoms with E-state index in [2.05, 4.69) is 21.2 Å². The summed E-state index contributed by atoms with van der Waals surface area (Å²) in [5.41, 5.74) is 1.14. The minimum Gasteiger partial charge on any atom is -0.497 e. The van der Waals surface area contributed by atoms with Crippen molar-refractivity contribution < 1.29 is 9.53 Å². The number of carbonyl (C=O) groups excluding carboxylic acids is 1. The van der Waals surface area contributed by atoms with Gasteiger partial charge in [0.2, 0.25) is 0 Å². The molecule has 19 heavy (non-hydrogen) atoms. The summed E-state index contributed by atoms with van der Waals surface area (Å²) in [6.07, 6.45) is 0. The Labute approximate surface area is 124 Å². The molecule has 0 atom stereocenters. The molecule has 0 fully saturated rings. The SMILES string of the molecule is COc1cccc(C(=O)Nc2cc(Cl)ccc2Br)c1. The van der Waals surface area contributed by atoms with Gasteiger partial charge in [-0.25, -0.2) is 0 Å². The van der Waals surface area contributed by atoms with Gasteiger partial charge in [0, 0.05) is 15.1 Å². The van der Waals surface area contributed by atoms with E-state index >= 15 is 0 Å². The lowest BCUT2D eigenvalue weighted by molar-refractivity contribution is 0.102. The average Bonchev–Trinajstić information content (AvgIpc) is 2.43. The zero-order chi connectivity index (χ0) is 13.8. The van der Waals surface area contributed by atoms with E-state index in [-0.39, 0.29) is 5.91 Å². The van der Waals surface area contributed by atoms with Crippen molar-refractivity contribution in [1.29, 1.82) is 0 Å². The molecule has 0 spiro atoms. The lowest BCUT2D eigenvalue weighted by Gasteiger charge is -2.08. The van der Waals surface area contributed by atoms with Gasteiger partial charge in [-0.3, -0.25) is 4.79 Å². The zero-order valence-electron chi connectivity index (χ0n) is 10.1. The van der Waals surface area contributed by atoms with Crippen LogP contribution in [0.25, 0.3) is 0 Å². The molecule has 0 saturated heterocycles. The van der Waals surface area contributed by atoms with E-state index in [0.717, 1.165) is 4.47 Å². The molecule has 1 amide bonds. The summed E-state index contributed by atoms with van der Waals surface area (Å²) in [7, 11) is 1.56. The molecule has 0 aliphatic heterocycles.